The molecule has 1 aliphatic heterocycles. The van der Waals surface area contributed by atoms with E-state index >= 15 is 0 Å². The molecule has 0 fully saturated rings. The van der Waals surface area contributed by atoms with E-state index in [4.69, 9.17) is 8.83 Å². The summed E-state index contributed by atoms with van der Waals surface area (Å²) < 4.78 is 11.2. The van der Waals surface area contributed by atoms with Crippen LogP contribution in [0.5, 0.6) is 0 Å². The normalized spacial score (nSPS) is 22.1. The van der Waals surface area contributed by atoms with Crippen molar-refractivity contribution in [3.63, 3.8) is 0 Å². The lowest BCUT2D eigenvalue weighted by atomic mass is 9.81. The second kappa shape index (κ2) is 5.95. The molecule has 1 aliphatic carbocycles. The fourth-order valence-corrected chi connectivity index (χ4v) is 3.89. The number of ketones is 1. The standard InChI is InChI=1S/C21H18N2O3/c24-17-12-13(18-7-3-9-25-18)11-16-20(17)21(19-8-4-10-26-19)23-15-6-2-1-5-14(15)22-16/h1-10,13,21-23H,11-12H2/t13-,21+/m1/s1. The van der Waals surface area contributed by atoms with Crippen molar-refractivity contribution in [1.82, 2.24) is 0 Å². The van der Waals surface area contributed by atoms with Crippen LogP contribution in [0, 0.1) is 0 Å². The molecule has 3 aromatic rings. The molecule has 0 saturated carbocycles. The lowest BCUT2D eigenvalue weighted by Crippen LogP contribution is -2.26. The summed E-state index contributed by atoms with van der Waals surface area (Å²) in [5.41, 5.74) is 3.59. The summed E-state index contributed by atoms with van der Waals surface area (Å²) in [5, 5.41) is 6.97. The van der Waals surface area contributed by atoms with Crippen LogP contribution >= 0.6 is 0 Å². The van der Waals surface area contributed by atoms with E-state index in [0.717, 1.165) is 40.6 Å². The Morgan fingerprint density at radius 2 is 1.58 bits per heavy atom. The molecule has 0 saturated heterocycles. The highest BCUT2D eigenvalue weighted by atomic mass is 16.3. The number of hydrogen-bond acceptors (Lipinski definition) is 5. The molecular formula is C21H18N2O3. The number of hydrogen-bond donors (Lipinski definition) is 2. The smallest absolute Gasteiger partial charge is 0.163 e. The molecule has 2 aliphatic rings. The molecule has 0 radical (unpaired) electrons. The zero-order chi connectivity index (χ0) is 17.5. The van der Waals surface area contributed by atoms with Crippen molar-refractivity contribution in [2.24, 2.45) is 0 Å². The number of carbonyl (C=O) groups excluding carboxylic acids is 1. The number of anilines is 2. The number of fused-ring (bicyclic) bond motifs is 1. The zero-order valence-corrected chi connectivity index (χ0v) is 14.1. The second-order valence-electron chi connectivity index (χ2n) is 6.70. The van der Waals surface area contributed by atoms with Crippen molar-refractivity contribution in [1.29, 1.82) is 0 Å². The van der Waals surface area contributed by atoms with Crippen molar-refractivity contribution < 1.29 is 13.6 Å². The van der Waals surface area contributed by atoms with Gasteiger partial charge in [0.05, 0.1) is 23.9 Å². The van der Waals surface area contributed by atoms with E-state index in [1.54, 1.807) is 12.5 Å². The number of benzene rings is 1. The van der Waals surface area contributed by atoms with E-state index < -0.39 is 0 Å². The Kier molecular flexibility index (Phi) is 3.45. The molecule has 26 heavy (non-hydrogen) atoms. The monoisotopic (exact) mass is 346 g/mol. The van der Waals surface area contributed by atoms with Gasteiger partial charge in [-0.15, -0.1) is 0 Å². The first kappa shape index (κ1) is 15.1. The predicted octanol–water partition coefficient (Wildman–Crippen LogP) is 4.85. The van der Waals surface area contributed by atoms with E-state index in [9.17, 15) is 4.79 Å². The van der Waals surface area contributed by atoms with Crippen LogP contribution < -0.4 is 10.6 Å². The molecule has 0 unspecified atom stereocenters. The van der Waals surface area contributed by atoms with Gasteiger partial charge in [-0.05, 0) is 42.8 Å². The van der Waals surface area contributed by atoms with Crippen LogP contribution in [0.25, 0.3) is 0 Å². The van der Waals surface area contributed by atoms with Crippen LogP contribution in [0.15, 0.2) is 81.2 Å². The van der Waals surface area contributed by atoms with Crippen LogP contribution in [0.2, 0.25) is 0 Å². The Labute approximate surface area is 150 Å². The first-order valence-electron chi connectivity index (χ1n) is 8.75. The third kappa shape index (κ3) is 2.44. The van der Waals surface area contributed by atoms with E-state index in [-0.39, 0.29) is 17.7 Å². The topological polar surface area (TPSA) is 67.4 Å². The highest BCUT2D eigenvalue weighted by molar-refractivity contribution is 6.01. The molecule has 5 nitrogen and oxygen atoms in total. The minimum atomic E-state index is -0.304. The van der Waals surface area contributed by atoms with Crippen LogP contribution in [0.4, 0.5) is 11.4 Å². The molecule has 0 spiro atoms. The SMILES string of the molecule is O=C1C[C@H](c2ccco2)CC2=C1[C@H](c1ccco1)Nc1ccccc1N2. The fraction of sp³-hybridized carbons (Fsp3) is 0.190. The molecular weight excluding hydrogens is 328 g/mol. The fourth-order valence-electron chi connectivity index (χ4n) is 3.89. The Morgan fingerprint density at radius 3 is 2.31 bits per heavy atom. The maximum absolute atomic E-state index is 13.1. The van der Waals surface area contributed by atoms with Gasteiger partial charge in [0.1, 0.15) is 17.6 Å². The number of carbonyl (C=O) groups is 1. The maximum atomic E-state index is 13.1. The molecule has 3 heterocycles. The highest BCUT2D eigenvalue weighted by Gasteiger charge is 2.37. The second-order valence-corrected chi connectivity index (χ2v) is 6.70. The molecule has 2 atom stereocenters. The van der Waals surface area contributed by atoms with Gasteiger partial charge in [0.2, 0.25) is 0 Å². The number of furan rings is 2. The summed E-state index contributed by atoms with van der Waals surface area (Å²) in [4.78, 5) is 13.1. The van der Waals surface area contributed by atoms with Crippen LogP contribution in [-0.4, -0.2) is 5.78 Å². The van der Waals surface area contributed by atoms with Gasteiger partial charge in [0.15, 0.2) is 5.78 Å². The minimum Gasteiger partial charge on any atom is -0.469 e. The molecule has 0 amide bonds. The average Bonchev–Trinajstić information content (AvgIpc) is 3.33. The van der Waals surface area contributed by atoms with Gasteiger partial charge in [0.25, 0.3) is 0 Å². The molecule has 130 valence electrons. The quantitative estimate of drug-likeness (QED) is 0.694. The Bertz CT molecular complexity index is 971. The number of rotatable bonds is 2. The van der Waals surface area contributed by atoms with Gasteiger partial charge in [-0.3, -0.25) is 4.79 Å². The predicted molar refractivity (Wildman–Crippen MR) is 97.9 cm³/mol. The van der Waals surface area contributed by atoms with Gasteiger partial charge in [-0.25, -0.2) is 0 Å². The highest BCUT2D eigenvalue weighted by Crippen LogP contribution is 2.44. The summed E-state index contributed by atoms with van der Waals surface area (Å²) in [6, 6.07) is 15.2. The third-order valence-corrected chi connectivity index (χ3v) is 5.08. The third-order valence-electron chi connectivity index (χ3n) is 5.08. The van der Waals surface area contributed by atoms with E-state index in [2.05, 4.69) is 10.6 Å². The van der Waals surface area contributed by atoms with Gasteiger partial charge in [-0.1, -0.05) is 12.1 Å². The van der Waals surface area contributed by atoms with Gasteiger partial charge in [-0.2, -0.15) is 0 Å². The largest absolute Gasteiger partial charge is 0.469 e. The average molecular weight is 346 g/mol. The van der Waals surface area contributed by atoms with Gasteiger partial charge < -0.3 is 19.5 Å². The lowest BCUT2D eigenvalue weighted by molar-refractivity contribution is -0.116. The van der Waals surface area contributed by atoms with Crippen LogP contribution in [-0.2, 0) is 4.79 Å². The molecule has 5 heteroatoms. The van der Waals surface area contributed by atoms with Crippen molar-refractivity contribution in [2.75, 3.05) is 10.6 Å². The number of nitrogens with one attached hydrogen (secondary N) is 2. The number of allylic oxidation sites excluding steroid dienone is 1. The summed E-state index contributed by atoms with van der Waals surface area (Å²) in [6.45, 7) is 0. The molecule has 2 N–H and O–H groups in total. The van der Waals surface area contributed by atoms with E-state index in [1.807, 2.05) is 48.5 Å². The summed E-state index contributed by atoms with van der Waals surface area (Å²) >= 11 is 0. The molecule has 0 bridgehead atoms. The van der Waals surface area contributed by atoms with E-state index in [1.165, 1.54) is 0 Å². The minimum absolute atomic E-state index is 0.0475. The van der Waals surface area contributed by atoms with Crippen molar-refractivity contribution in [2.45, 2.75) is 24.8 Å². The Hall–Kier alpha value is -3.21. The lowest BCUT2D eigenvalue weighted by Gasteiger charge is -2.27. The van der Waals surface area contributed by atoms with Gasteiger partial charge >= 0.3 is 0 Å². The summed E-state index contributed by atoms with van der Waals surface area (Å²) in [5.74, 6) is 1.75. The molecule has 5 rings (SSSR count). The molecule has 1 aromatic carbocycles. The van der Waals surface area contributed by atoms with Crippen LogP contribution in [0.1, 0.15) is 36.3 Å². The first-order valence-corrected chi connectivity index (χ1v) is 8.75. The number of Topliss-reactive ketones (excluding diaryl/α,β-unsaturated/α-hetero) is 1. The van der Waals surface area contributed by atoms with Gasteiger partial charge in [0, 0.05) is 23.6 Å². The van der Waals surface area contributed by atoms with Crippen LogP contribution in [0.3, 0.4) is 0 Å². The van der Waals surface area contributed by atoms with E-state index in [0.29, 0.717) is 6.42 Å². The first-order chi connectivity index (χ1) is 12.8. The maximum Gasteiger partial charge on any atom is 0.163 e. The Balaban J connectivity index is 1.62. The van der Waals surface area contributed by atoms with Crippen molar-refractivity contribution in [3.8, 4) is 0 Å². The summed E-state index contributed by atoms with van der Waals surface area (Å²) in [7, 11) is 0. The Morgan fingerprint density at radius 1 is 0.846 bits per heavy atom. The van der Waals surface area contributed by atoms with Crippen molar-refractivity contribution >= 4 is 17.2 Å². The van der Waals surface area contributed by atoms with Crippen molar-refractivity contribution in [3.05, 3.63) is 83.8 Å². The number of para-hydroxylation sites is 2. The zero-order valence-electron chi connectivity index (χ0n) is 14.1. The summed E-state index contributed by atoms with van der Waals surface area (Å²) in [6.07, 6.45) is 4.46. The molecule has 2 aromatic heterocycles.